The Morgan fingerprint density at radius 1 is 1.16 bits per heavy atom. The molecule has 0 saturated heterocycles. The van der Waals surface area contributed by atoms with E-state index in [1.165, 1.54) is 49.6 Å². The first-order chi connectivity index (χ1) is 12.0. The normalized spacial score (nSPS) is 11.3. The van der Waals surface area contributed by atoms with Gasteiger partial charge in [-0.05, 0) is 43.3 Å². The lowest BCUT2D eigenvalue weighted by atomic mass is 10.3. The van der Waals surface area contributed by atoms with Crippen LogP contribution in [0, 0.1) is 5.82 Å². The monoisotopic (exact) mass is 349 g/mol. The van der Waals surface area contributed by atoms with Crippen molar-refractivity contribution in [3.05, 3.63) is 54.2 Å². The number of furan rings is 1. The van der Waals surface area contributed by atoms with Gasteiger partial charge in [0.25, 0.3) is 17.7 Å². The number of rotatable bonds is 6. The molecule has 8 nitrogen and oxygen atoms in total. The predicted molar refractivity (Wildman–Crippen MR) is 83.8 cm³/mol. The van der Waals surface area contributed by atoms with Crippen molar-refractivity contribution in [2.45, 2.75) is 13.0 Å². The van der Waals surface area contributed by atoms with Gasteiger partial charge in [0.15, 0.2) is 11.9 Å². The van der Waals surface area contributed by atoms with Crippen LogP contribution in [0.3, 0.4) is 0 Å². The molecular weight excluding hydrogens is 333 g/mol. The van der Waals surface area contributed by atoms with Gasteiger partial charge < -0.3 is 14.5 Å². The van der Waals surface area contributed by atoms with Crippen molar-refractivity contribution in [3.8, 4) is 5.75 Å². The zero-order valence-electron chi connectivity index (χ0n) is 13.2. The van der Waals surface area contributed by atoms with Crippen LogP contribution in [-0.4, -0.2) is 30.4 Å². The highest BCUT2D eigenvalue weighted by Gasteiger charge is 2.16. The molecule has 1 aromatic carbocycles. The van der Waals surface area contributed by atoms with Crippen molar-refractivity contribution < 1.29 is 27.9 Å². The summed E-state index contributed by atoms with van der Waals surface area (Å²) in [4.78, 5) is 35.0. The third-order valence-electron chi connectivity index (χ3n) is 2.98. The summed E-state index contributed by atoms with van der Waals surface area (Å²) in [5.74, 6) is -1.86. The van der Waals surface area contributed by atoms with Crippen molar-refractivity contribution in [1.82, 2.24) is 16.2 Å². The Balaban J connectivity index is 1.70. The number of hydrogen-bond donors (Lipinski definition) is 3. The maximum Gasteiger partial charge on any atom is 0.287 e. The highest BCUT2D eigenvalue weighted by Crippen LogP contribution is 2.12. The number of ether oxygens (including phenoxy) is 1. The molecule has 132 valence electrons. The molecule has 25 heavy (non-hydrogen) atoms. The van der Waals surface area contributed by atoms with Crippen LogP contribution in [0.15, 0.2) is 47.1 Å². The van der Waals surface area contributed by atoms with Crippen molar-refractivity contribution in [2.24, 2.45) is 0 Å². The van der Waals surface area contributed by atoms with Gasteiger partial charge in [-0.2, -0.15) is 0 Å². The highest BCUT2D eigenvalue weighted by molar-refractivity contribution is 5.94. The van der Waals surface area contributed by atoms with Crippen LogP contribution in [0.25, 0.3) is 0 Å². The second-order valence-electron chi connectivity index (χ2n) is 4.91. The number of hydrazine groups is 1. The molecule has 0 fully saturated rings. The summed E-state index contributed by atoms with van der Waals surface area (Å²) in [6.07, 6.45) is 0.404. The third kappa shape index (κ3) is 5.65. The second-order valence-corrected chi connectivity index (χ2v) is 4.91. The molecule has 3 N–H and O–H groups in total. The lowest BCUT2D eigenvalue weighted by molar-refractivity contribution is -0.132. The van der Waals surface area contributed by atoms with E-state index in [0.29, 0.717) is 5.75 Å². The third-order valence-corrected chi connectivity index (χ3v) is 2.98. The molecule has 1 aromatic heterocycles. The number of carbonyl (C=O) groups excluding carboxylic acids is 3. The quantitative estimate of drug-likeness (QED) is 0.667. The van der Waals surface area contributed by atoms with Crippen LogP contribution < -0.4 is 20.9 Å². The first kappa shape index (κ1) is 18.0. The van der Waals surface area contributed by atoms with Crippen LogP contribution in [0.4, 0.5) is 4.39 Å². The average molecular weight is 349 g/mol. The molecular formula is C16H16FN3O5. The Morgan fingerprint density at radius 2 is 1.88 bits per heavy atom. The topological polar surface area (TPSA) is 110 Å². The van der Waals surface area contributed by atoms with E-state index >= 15 is 0 Å². The van der Waals surface area contributed by atoms with Crippen LogP contribution in [-0.2, 0) is 9.59 Å². The molecule has 0 spiro atoms. The number of halogens is 1. The molecule has 0 radical (unpaired) electrons. The molecule has 2 rings (SSSR count). The summed E-state index contributed by atoms with van der Waals surface area (Å²) in [5.41, 5.74) is 4.30. The van der Waals surface area contributed by atoms with Gasteiger partial charge in [-0.25, -0.2) is 4.39 Å². The van der Waals surface area contributed by atoms with E-state index < -0.39 is 29.6 Å². The molecule has 0 aliphatic rings. The Bertz CT molecular complexity index is 731. The number of carbonyl (C=O) groups is 3. The average Bonchev–Trinajstić information content (AvgIpc) is 3.14. The number of benzene rings is 1. The summed E-state index contributed by atoms with van der Waals surface area (Å²) >= 11 is 0. The van der Waals surface area contributed by atoms with Crippen LogP contribution >= 0.6 is 0 Å². The van der Waals surface area contributed by atoms with E-state index in [-0.39, 0.29) is 12.3 Å². The largest absolute Gasteiger partial charge is 0.481 e. The zero-order chi connectivity index (χ0) is 18.2. The smallest absolute Gasteiger partial charge is 0.287 e. The van der Waals surface area contributed by atoms with E-state index in [1.54, 1.807) is 0 Å². The highest BCUT2D eigenvalue weighted by atomic mass is 19.1. The van der Waals surface area contributed by atoms with E-state index in [2.05, 4.69) is 16.2 Å². The first-order valence-corrected chi connectivity index (χ1v) is 7.28. The molecule has 0 unspecified atom stereocenters. The maximum atomic E-state index is 12.8. The Labute approximate surface area is 142 Å². The Kier molecular flexibility index (Phi) is 6.10. The maximum absolute atomic E-state index is 12.8. The summed E-state index contributed by atoms with van der Waals surface area (Å²) in [6.45, 7) is 1.11. The van der Waals surface area contributed by atoms with E-state index in [4.69, 9.17) is 9.15 Å². The zero-order valence-corrected chi connectivity index (χ0v) is 13.2. The number of hydrogen-bond acceptors (Lipinski definition) is 5. The lowest BCUT2D eigenvalue weighted by Crippen LogP contribution is -2.50. The van der Waals surface area contributed by atoms with Crippen molar-refractivity contribution in [2.75, 3.05) is 6.54 Å². The first-order valence-electron chi connectivity index (χ1n) is 7.28. The summed E-state index contributed by atoms with van der Waals surface area (Å²) in [7, 11) is 0. The molecule has 2 aromatic rings. The van der Waals surface area contributed by atoms with Crippen LogP contribution in [0.1, 0.15) is 17.5 Å². The minimum atomic E-state index is -0.927. The van der Waals surface area contributed by atoms with Crippen molar-refractivity contribution >= 4 is 17.7 Å². The molecule has 0 aliphatic heterocycles. The SMILES string of the molecule is C[C@@H](Oc1ccc(F)cc1)C(=O)NNC(=O)CNC(=O)c1ccco1. The van der Waals surface area contributed by atoms with Gasteiger partial charge in [0, 0.05) is 0 Å². The van der Waals surface area contributed by atoms with Gasteiger partial charge in [-0.3, -0.25) is 25.2 Å². The Morgan fingerprint density at radius 3 is 2.52 bits per heavy atom. The fourth-order valence-electron chi connectivity index (χ4n) is 1.70. The molecule has 0 bridgehead atoms. The van der Waals surface area contributed by atoms with Gasteiger partial charge >= 0.3 is 0 Å². The van der Waals surface area contributed by atoms with Crippen LogP contribution in [0.5, 0.6) is 5.75 Å². The second kappa shape index (κ2) is 8.48. The van der Waals surface area contributed by atoms with Gasteiger partial charge in [-0.1, -0.05) is 0 Å². The minimum absolute atomic E-state index is 0.0677. The van der Waals surface area contributed by atoms with Gasteiger partial charge in [0.05, 0.1) is 12.8 Å². The fraction of sp³-hybridized carbons (Fsp3) is 0.188. The number of nitrogens with one attached hydrogen (secondary N) is 3. The predicted octanol–water partition coefficient (Wildman–Crippen LogP) is 0.763. The number of amides is 3. The molecule has 3 amide bonds. The van der Waals surface area contributed by atoms with Gasteiger partial charge in [-0.15, -0.1) is 0 Å². The van der Waals surface area contributed by atoms with Gasteiger partial charge in [0.1, 0.15) is 11.6 Å². The lowest BCUT2D eigenvalue weighted by Gasteiger charge is -2.15. The summed E-state index contributed by atoms with van der Waals surface area (Å²) in [5, 5.41) is 2.32. The standard InChI is InChI=1S/C16H16FN3O5/c1-10(25-12-6-4-11(17)5-7-12)15(22)20-19-14(21)9-18-16(23)13-3-2-8-24-13/h2-8,10H,9H2,1H3,(H,18,23)(H,19,21)(H,20,22)/t10-/m1/s1. The minimum Gasteiger partial charge on any atom is -0.481 e. The van der Waals surface area contributed by atoms with Crippen LogP contribution in [0.2, 0.25) is 0 Å². The fourth-order valence-corrected chi connectivity index (χ4v) is 1.70. The van der Waals surface area contributed by atoms with E-state index in [9.17, 15) is 18.8 Å². The molecule has 0 aliphatic carbocycles. The van der Waals surface area contributed by atoms with Gasteiger partial charge in [0.2, 0.25) is 0 Å². The van der Waals surface area contributed by atoms with Crippen molar-refractivity contribution in [1.29, 1.82) is 0 Å². The molecule has 0 saturated carbocycles. The molecule has 1 heterocycles. The summed E-state index contributed by atoms with van der Waals surface area (Å²) in [6, 6.07) is 8.14. The van der Waals surface area contributed by atoms with E-state index in [1.807, 2.05) is 0 Å². The van der Waals surface area contributed by atoms with E-state index in [0.717, 1.165) is 0 Å². The summed E-state index contributed by atoms with van der Waals surface area (Å²) < 4.78 is 23.0. The molecule has 1 atom stereocenters. The Hall–Kier alpha value is -3.36. The van der Waals surface area contributed by atoms with Crippen molar-refractivity contribution in [3.63, 3.8) is 0 Å². The molecule has 9 heteroatoms.